The molecule has 2 heterocycles. The SMILES string of the molecule is CCOc1ccccc1-c1noc(CN2C(=O)NC(C)(c3ccc4ccccc4c3)C2=O)n1. The highest BCUT2D eigenvalue weighted by atomic mass is 16.5. The van der Waals surface area contributed by atoms with E-state index in [1.165, 1.54) is 0 Å². The van der Waals surface area contributed by atoms with E-state index in [0.29, 0.717) is 29.3 Å². The highest BCUT2D eigenvalue weighted by Gasteiger charge is 2.49. The molecule has 3 amide bonds. The zero-order valence-electron chi connectivity index (χ0n) is 18.2. The largest absolute Gasteiger partial charge is 0.493 e. The first-order valence-electron chi connectivity index (χ1n) is 10.7. The fourth-order valence-electron chi connectivity index (χ4n) is 4.03. The summed E-state index contributed by atoms with van der Waals surface area (Å²) in [6.07, 6.45) is 0. The van der Waals surface area contributed by atoms with Crippen LogP contribution in [0.5, 0.6) is 5.75 Å². The maximum atomic E-state index is 13.3. The molecule has 0 saturated carbocycles. The maximum absolute atomic E-state index is 13.3. The fourth-order valence-corrected chi connectivity index (χ4v) is 4.03. The van der Waals surface area contributed by atoms with E-state index >= 15 is 0 Å². The van der Waals surface area contributed by atoms with E-state index in [-0.39, 0.29) is 18.3 Å². The number of amides is 3. The molecular formula is C25H22N4O4. The summed E-state index contributed by atoms with van der Waals surface area (Å²) in [6.45, 7) is 3.96. The highest BCUT2D eigenvalue weighted by Crippen LogP contribution is 2.32. The van der Waals surface area contributed by atoms with Crippen LogP contribution < -0.4 is 10.1 Å². The Labute approximate surface area is 190 Å². The van der Waals surface area contributed by atoms with Crippen LogP contribution in [0.4, 0.5) is 4.79 Å². The van der Waals surface area contributed by atoms with E-state index in [1.807, 2.05) is 73.7 Å². The second kappa shape index (κ2) is 8.05. The number of aromatic nitrogens is 2. The number of carbonyl (C=O) groups excluding carboxylic acids is 2. The maximum Gasteiger partial charge on any atom is 0.325 e. The normalized spacial score (nSPS) is 18.1. The first-order chi connectivity index (χ1) is 16.0. The van der Waals surface area contributed by atoms with Gasteiger partial charge >= 0.3 is 6.03 Å². The molecule has 0 aliphatic carbocycles. The summed E-state index contributed by atoms with van der Waals surface area (Å²) in [5, 5.41) is 8.89. The minimum absolute atomic E-state index is 0.127. The van der Waals surface area contributed by atoms with Gasteiger partial charge in [0, 0.05) is 0 Å². The van der Waals surface area contributed by atoms with Gasteiger partial charge in [-0.2, -0.15) is 4.98 Å². The van der Waals surface area contributed by atoms with Crippen molar-refractivity contribution in [3.05, 3.63) is 78.2 Å². The van der Waals surface area contributed by atoms with Crippen LogP contribution in [0.2, 0.25) is 0 Å². The van der Waals surface area contributed by atoms with Crippen LogP contribution in [-0.2, 0) is 16.9 Å². The Morgan fingerprint density at radius 1 is 1.03 bits per heavy atom. The van der Waals surface area contributed by atoms with Crippen LogP contribution in [-0.4, -0.2) is 33.6 Å². The predicted octanol–water partition coefficient (Wildman–Crippen LogP) is 4.26. The molecule has 1 unspecified atom stereocenters. The molecule has 0 bridgehead atoms. The average Bonchev–Trinajstić information content (AvgIpc) is 3.38. The van der Waals surface area contributed by atoms with Crippen LogP contribution in [0.15, 0.2) is 71.3 Å². The third-order valence-corrected chi connectivity index (χ3v) is 5.79. The van der Waals surface area contributed by atoms with E-state index in [1.54, 1.807) is 6.92 Å². The number of carbonyl (C=O) groups is 2. The molecule has 1 aliphatic rings. The average molecular weight is 442 g/mol. The Bertz CT molecular complexity index is 1370. The number of nitrogens with one attached hydrogen (secondary N) is 1. The minimum atomic E-state index is -1.19. The second-order valence-electron chi connectivity index (χ2n) is 7.95. The molecular weight excluding hydrogens is 420 g/mol. The van der Waals surface area contributed by atoms with Gasteiger partial charge in [0.05, 0.1) is 12.2 Å². The third-order valence-electron chi connectivity index (χ3n) is 5.79. The number of para-hydroxylation sites is 1. The lowest BCUT2D eigenvalue weighted by Gasteiger charge is -2.22. The van der Waals surface area contributed by atoms with E-state index in [9.17, 15) is 9.59 Å². The molecule has 166 valence electrons. The van der Waals surface area contributed by atoms with Crippen molar-refractivity contribution in [3.63, 3.8) is 0 Å². The van der Waals surface area contributed by atoms with Gasteiger partial charge in [0.15, 0.2) is 0 Å². The van der Waals surface area contributed by atoms with Crippen molar-refractivity contribution in [2.24, 2.45) is 0 Å². The predicted molar refractivity (Wildman–Crippen MR) is 121 cm³/mol. The van der Waals surface area contributed by atoms with E-state index in [4.69, 9.17) is 9.26 Å². The van der Waals surface area contributed by atoms with Gasteiger partial charge in [-0.1, -0.05) is 53.7 Å². The Kier molecular flexibility index (Phi) is 5.05. The number of fused-ring (bicyclic) bond motifs is 1. The van der Waals surface area contributed by atoms with Crippen molar-refractivity contribution in [1.29, 1.82) is 0 Å². The zero-order valence-corrected chi connectivity index (χ0v) is 18.2. The Morgan fingerprint density at radius 2 is 1.79 bits per heavy atom. The standard InChI is InChI=1S/C25H22N4O4/c1-3-32-20-11-7-6-10-19(20)22-26-21(33-28-22)15-29-23(30)25(2,27-24(29)31)18-13-12-16-8-4-5-9-17(16)14-18/h4-14H,3,15H2,1-2H3,(H,27,31). The summed E-state index contributed by atoms with van der Waals surface area (Å²) in [5.74, 6) is 0.740. The minimum Gasteiger partial charge on any atom is -0.493 e. The number of hydrogen-bond donors (Lipinski definition) is 1. The van der Waals surface area contributed by atoms with Crippen molar-refractivity contribution in [3.8, 4) is 17.1 Å². The summed E-state index contributed by atoms with van der Waals surface area (Å²) in [5.41, 5.74) is 0.192. The Morgan fingerprint density at radius 3 is 2.61 bits per heavy atom. The number of ether oxygens (including phenoxy) is 1. The van der Waals surface area contributed by atoms with Gasteiger partial charge in [0.25, 0.3) is 5.91 Å². The molecule has 0 radical (unpaired) electrons. The summed E-state index contributed by atoms with van der Waals surface area (Å²) in [4.78, 5) is 31.6. The molecule has 1 fully saturated rings. The Balaban J connectivity index is 1.40. The molecule has 1 aliphatic heterocycles. The number of benzene rings is 3. The van der Waals surface area contributed by atoms with Crippen molar-refractivity contribution < 1.29 is 18.8 Å². The lowest BCUT2D eigenvalue weighted by atomic mass is 9.90. The molecule has 8 nitrogen and oxygen atoms in total. The van der Waals surface area contributed by atoms with Gasteiger partial charge in [0.1, 0.15) is 17.8 Å². The lowest BCUT2D eigenvalue weighted by molar-refractivity contribution is -0.131. The van der Waals surface area contributed by atoms with Gasteiger partial charge < -0.3 is 14.6 Å². The van der Waals surface area contributed by atoms with Crippen molar-refractivity contribution in [1.82, 2.24) is 20.4 Å². The quantitative estimate of drug-likeness (QED) is 0.448. The topological polar surface area (TPSA) is 97.6 Å². The van der Waals surface area contributed by atoms with Crippen LogP contribution in [0.1, 0.15) is 25.3 Å². The summed E-state index contributed by atoms with van der Waals surface area (Å²) < 4.78 is 11.0. The number of rotatable bonds is 6. The molecule has 5 rings (SSSR count). The van der Waals surface area contributed by atoms with Gasteiger partial charge in [-0.3, -0.25) is 9.69 Å². The van der Waals surface area contributed by atoms with Crippen molar-refractivity contribution >= 4 is 22.7 Å². The highest BCUT2D eigenvalue weighted by molar-refractivity contribution is 6.07. The number of urea groups is 1. The second-order valence-corrected chi connectivity index (χ2v) is 7.95. The molecule has 8 heteroatoms. The molecule has 0 spiro atoms. The monoisotopic (exact) mass is 442 g/mol. The van der Waals surface area contributed by atoms with Crippen molar-refractivity contribution in [2.75, 3.05) is 6.61 Å². The number of nitrogens with zero attached hydrogens (tertiary/aromatic N) is 3. The number of hydrogen-bond acceptors (Lipinski definition) is 6. The molecule has 4 aromatic rings. The molecule has 3 aromatic carbocycles. The van der Waals surface area contributed by atoms with Gasteiger partial charge in [-0.05, 0) is 48.4 Å². The first-order valence-corrected chi connectivity index (χ1v) is 10.7. The van der Waals surface area contributed by atoms with Gasteiger partial charge in [-0.25, -0.2) is 4.79 Å². The van der Waals surface area contributed by atoms with E-state index in [2.05, 4.69) is 15.5 Å². The van der Waals surface area contributed by atoms with E-state index < -0.39 is 11.6 Å². The number of imide groups is 1. The van der Waals surface area contributed by atoms with Crippen LogP contribution >= 0.6 is 0 Å². The molecule has 1 N–H and O–H groups in total. The summed E-state index contributed by atoms with van der Waals surface area (Å²) in [6, 6.07) is 20.4. The fraction of sp³-hybridized carbons (Fsp3) is 0.200. The van der Waals surface area contributed by atoms with Gasteiger partial charge in [0.2, 0.25) is 11.7 Å². The smallest absolute Gasteiger partial charge is 0.325 e. The van der Waals surface area contributed by atoms with Crippen LogP contribution in [0.25, 0.3) is 22.2 Å². The molecule has 1 saturated heterocycles. The zero-order chi connectivity index (χ0) is 23.0. The molecule has 1 atom stereocenters. The summed E-state index contributed by atoms with van der Waals surface area (Å²) >= 11 is 0. The summed E-state index contributed by atoms with van der Waals surface area (Å²) in [7, 11) is 0. The van der Waals surface area contributed by atoms with E-state index in [0.717, 1.165) is 15.7 Å². The Hall–Kier alpha value is -4.20. The van der Waals surface area contributed by atoms with Crippen LogP contribution in [0, 0.1) is 0 Å². The van der Waals surface area contributed by atoms with Crippen molar-refractivity contribution in [2.45, 2.75) is 25.9 Å². The molecule has 1 aromatic heterocycles. The first kappa shape index (κ1) is 20.7. The molecule has 33 heavy (non-hydrogen) atoms. The van der Waals surface area contributed by atoms with Gasteiger partial charge in [-0.15, -0.1) is 0 Å². The third kappa shape index (κ3) is 3.59. The van der Waals surface area contributed by atoms with Crippen LogP contribution in [0.3, 0.4) is 0 Å². The lowest BCUT2D eigenvalue weighted by Crippen LogP contribution is -2.40.